The van der Waals surface area contributed by atoms with Crippen LogP contribution >= 0.6 is 0 Å². The summed E-state index contributed by atoms with van der Waals surface area (Å²) >= 11 is 0. The van der Waals surface area contributed by atoms with Crippen LogP contribution < -0.4 is 9.47 Å². The molecular weight excluding hydrogens is 434 g/mol. The van der Waals surface area contributed by atoms with E-state index in [-0.39, 0.29) is 24.0 Å². The van der Waals surface area contributed by atoms with Crippen molar-refractivity contribution in [3.63, 3.8) is 0 Å². The minimum absolute atomic E-state index is 0.0315. The van der Waals surface area contributed by atoms with Gasteiger partial charge in [-0.15, -0.1) is 0 Å². The van der Waals surface area contributed by atoms with E-state index in [4.69, 9.17) is 13.9 Å². The summed E-state index contributed by atoms with van der Waals surface area (Å²) in [6, 6.07) is 16.7. The van der Waals surface area contributed by atoms with Gasteiger partial charge in [-0.05, 0) is 51.1 Å². The van der Waals surface area contributed by atoms with E-state index in [1.807, 2.05) is 32.0 Å². The molecule has 0 radical (unpaired) electrons. The van der Waals surface area contributed by atoms with Crippen molar-refractivity contribution in [1.82, 2.24) is 4.90 Å². The van der Waals surface area contributed by atoms with E-state index in [1.165, 1.54) is 4.90 Å². The van der Waals surface area contributed by atoms with Gasteiger partial charge < -0.3 is 23.9 Å². The van der Waals surface area contributed by atoms with Crippen molar-refractivity contribution in [1.29, 1.82) is 0 Å². The normalized spacial score (nSPS) is 17.4. The van der Waals surface area contributed by atoms with E-state index < -0.39 is 17.7 Å². The lowest BCUT2D eigenvalue weighted by Gasteiger charge is -2.24. The van der Waals surface area contributed by atoms with E-state index >= 15 is 0 Å². The smallest absolute Gasteiger partial charge is 0.296 e. The maximum absolute atomic E-state index is 13.2. The molecule has 1 unspecified atom stereocenters. The van der Waals surface area contributed by atoms with Crippen LogP contribution in [0.3, 0.4) is 0 Å². The fourth-order valence-corrected chi connectivity index (χ4v) is 4.10. The fraction of sp³-hybridized carbons (Fsp3) is 0.259. The number of hydrogen-bond donors (Lipinski definition) is 1. The number of hydrogen-bond acceptors (Lipinski definition) is 6. The minimum Gasteiger partial charge on any atom is -0.507 e. The number of Topliss-reactive ketones (excluding diaryl/α,β-unsaturated/α-hetero) is 1. The third-order valence-electron chi connectivity index (χ3n) is 5.58. The number of aryl methyl sites for hydroxylation is 1. The number of ether oxygens (including phenoxy) is 2. The number of methoxy groups -OCH3 is 1. The first-order valence-electron chi connectivity index (χ1n) is 11.0. The summed E-state index contributed by atoms with van der Waals surface area (Å²) in [6.45, 7) is 5.68. The standard InChI is InChI=1S/C27H27NO6/c1-16(2)33-20-10-7-9-18(14-20)25(29)23-24(22-13-12-17(3)34-22)28(27(31)26(23)30)15-19-8-5-6-11-21(19)32-4/h5-14,16,24,29H,15H2,1-4H3/b25-23+. The summed E-state index contributed by atoms with van der Waals surface area (Å²) in [7, 11) is 1.55. The first-order chi connectivity index (χ1) is 16.3. The highest BCUT2D eigenvalue weighted by molar-refractivity contribution is 6.46. The van der Waals surface area contributed by atoms with Crippen molar-refractivity contribution in [2.75, 3.05) is 7.11 Å². The van der Waals surface area contributed by atoms with Crippen LogP contribution in [0.15, 0.2) is 70.7 Å². The maximum Gasteiger partial charge on any atom is 0.296 e. The second-order valence-corrected chi connectivity index (χ2v) is 8.38. The first kappa shape index (κ1) is 23.2. The van der Waals surface area contributed by atoms with E-state index in [2.05, 4.69) is 0 Å². The van der Waals surface area contributed by atoms with Gasteiger partial charge in [-0.2, -0.15) is 0 Å². The molecule has 1 N–H and O–H groups in total. The summed E-state index contributed by atoms with van der Waals surface area (Å²) in [4.78, 5) is 27.8. The number of ketones is 1. The SMILES string of the molecule is COc1ccccc1CN1C(=O)C(=O)/C(=C(/O)c2cccc(OC(C)C)c2)C1c1ccc(C)o1. The first-order valence-corrected chi connectivity index (χ1v) is 11.0. The van der Waals surface area contributed by atoms with E-state index in [1.54, 1.807) is 56.5 Å². The Balaban J connectivity index is 1.83. The van der Waals surface area contributed by atoms with Gasteiger partial charge in [-0.3, -0.25) is 9.59 Å². The molecule has 0 spiro atoms. The molecule has 1 atom stereocenters. The molecule has 176 valence electrons. The number of aliphatic hydroxyl groups excluding tert-OH is 1. The van der Waals surface area contributed by atoms with Gasteiger partial charge in [-0.1, -0.05) is 30.3 Å². The number of para-hydroxylation sites is 1. The number of furan rings is 1. The molecule has 3 aromatic rings. The fourth-order valence-electron chi connectivity index (χ4n) is 4.10. The second kappa shape index (κ2) is 9.47. The van der Waals surface area contributed by atoms with E-state index in [0.717, 1.165) is 5.56 Å². The highest BCUT2D eigenvalue weighted by atomic mass is 16.5. The molecule has 1 amide bonds. The monoisotopic (exact) mass is 461 g/mol. The van der Waals surface area contributed by atoms with Gasteiger partial charge in [0, 0.05) is 11.1 Å². The molecule has 7 nitrogen and oxygen atoms in total. The molecule has 1 aliphatic heterocycles. The Morgan fingerprint density at radius 2 is 1.85 bits per heavy atom. The summed E-state index contributed by atoms with van der Waals surface area (Å²) < 4.78 is 17.0. The molecular formula is C27H27NO6. The molecule has 0 saturated carbocycles. The molecule has 34 heavy (non-hydrogen) atoms. The van der Waals surface area contributed by atoms with Crippen LogP contribution in [0.4, 0.5) is 0 Å². The van der Waals surface area contributed by atoms with Crippen LogP contribution in [0.5, 0.6) is 11.5 Å². The molecule has 0 bridgehead atoms. The van der Waals surface area contributed by atoms with Crippen LogP contribution in [0.25, 0.3) is 5.76 Å². The Hall–Kier alpha value is -4.00. The van der Waals surface area contributed by atoms with E-state index in [0.29, 0.717) is 28.6 Å². The van der Waals surface area contributed by atoms with Crippen LogP contribution in [0, 0.1) is 6.92 Å². The quantitative estimate of drug-likeness (QED) is 0.302. The Labute approximate surface area is 198 Å². The summed E-state index contributed by atoms with van der Waals surface area (Å²) in [5.74, 6) is 0.384. The number of carbonyl (C=O) groups is 2. The van der Waals surface area contributed by atoms with Crippen molar-refractivity contribution in [2.24, 2.45) is 0 Å². The van der Waals surface area contributed by atoms with Crippen LogP contribution in [0.2, 0.25) is 0 Å². The molecule has 7 heteroatoms. The molecule has 1 fully saturated rings. The summed E-state index contributed by atoms with van der Waals surface area (Å²) in [5.41, 5.74) is 1.07. The Bertz CT molecular complexity index is 1260. The number of aliphatic hydroxyl groups is 1. The predicted molar refractivity (Wildman–Crippen MR) is 126 cm³/mol. The highest BCUT2D eigenvalue weighted by Gasteiger charge is 2.47. The highest BCUT2D eigenvalue weighted by Crippen LogP contribution is 2.41. The third-order valence-corrected chi connectivity index (χ3v) is 5.58. The number of rotatable bonds is 7. The molecule has 2 aromatic carbocycles. The van der Waals surface area contributed by atoms with Gasteiger partial charge in [0.05, 0.1) is 25.3 Å². The number of likely N-dealkylation sites (tertiary alicyclic amines) is 1. The zero-order valence-electron chi connectivity index (χ0n) is 19.6. The number of nitrogens with zero attached hydrogens (tertiary/aromatic N) is 1. The maximum atomic E-state index is 13.2. The molecule has 4 rings (SSSR count). The van der Waals surface area contributed by atoms with Gasteiger partial charge in [0.15, 0.2) is 0 Å². The molecule has 1 saturated heterocycles. The van der Waals surface area contributed by atoms with Gasteiger partial charge >= 0.3 is 0 Å². The Morgan fingerprint density at radius 1 is 1.09 bits per heavy atom. The topological polar surface area (TPSA) is 89.2 Å². The Morgan fingerprint density at radius 3 is 2.53 bits per heavy atom. The Kier molecular flexibility index (Phi) is 6.45. The number of amides is 1. The lowest BCUT2D eigenvalue weighted by Crippen LogP contribution is -2.29. The zero-order chi connectivity index (χ0) is 24.4. The third kappa shape index (κ3) is 4.41. The molecule has 1 aromatic heterocycles. The van der Waals surface area contributed by atoms with Gasteiger partial charge in [0.2, 0.25) is 0 Å². The average Bonchev–Trinajstić information content (AvgIpc) is 3.35. The summed E-state index contributed by atoms with van der Waals surface area (Å²) in [5, 5.41) is 11.2. The van der Waals surface area contributed by atoms with E-state index in [9.17, 15) is 14.7 Å². The van der Waals surface area contributed by atoms with Crippen molar-refractivity contribution >= 4 is 17.4 Å². The lowest BCUT2D eigenvalue weighted by atomic mass is 9.99. The predicted octanol–water partition coefficient (Wildman–Crippen LogP) is 5.01. The molecule has 1 aliphatic rings. The van der Waals surface area contributed by atoms with Crippen molar-refractivity contribution in [2.45, 2.75) is 39.5 Å². The molecule has 0 aliphatic carbocycles. The molecule has 2 heterocycles. The largest absolute Gasteiger partial charge is 0.507 e. The van der Waals surface area contributed by atoms with Crippen LogP contribution in [-0.4, -0.2) is 34.9 Å². The second-order valence-electron chi connectivity index (χ2n) is 8.38. The minimum atomic E-state index is -0.895. The van der Waals surface area contributed by atoms with Crippen molar-refractivity contribution in [3.05, 3.63) is 88.9 Å². The zero-order valence-corrected chi connectivity index (χ0v) is 19.6. The van der Waals surface area contributed by atoms with Crippen LogP contribution in [-0.2, 0) is 16.1 Å². The summed E-state index contributed by atoms with van der Waals surface area (Å²) in [6.07, 6.45) is -0.0603. The van der Waals surface area contributed by atoms with Crippen molar-refractivity contribution < 1.29 is 28.6 Å². The average molecular weight is 462 g/mol. The number of carbonyl (C=O) groups excluding carboxylic acids is 2. The van der Waals surface area contributed by atoms with Gasteiger partial charge in [-0.25, -0.2) is 0 Å². The van der Waals surface area contributed by atoms with Gasteiger partial charge in [0.25, 0.3) is 11.7 Å². The number of benzene rings is 2. The van der Waals surface area contributed by atoms with Crippen LogP contribution in [0.1, 0.15) is 42.5 Å². The van der Waals surface area contributed by atoms with Gasteiger partial charge in [0.1, 0.15) is 34.8 Å². The van der Waals surface area contributed by atoms with Crippen molar-refractivity contribution in [3.8, 4) is 11.5 Å². The lowest BCUT2D eigenvalue weighted by molar-refractivity contribution is -0.140.